The van der Waals surface area contributed by atoms with Gasteiger partial charge in [-0.1, -0.05) is 12.1 Å². The molecule has 0 saturated heterocycles. The molecule has 1 aliphatic carbocycles. The zero-order valence-electron chi connectivity index (χ0n) is 17.4. The van der Waals surface area contributed by atoms with E-state index in [0.717, 1.165) is 48.1 Å². The minimum absolute atomic E-state index is 0. The molecule has 3 N–H and O–H groups in total. The molecule has 0 amide bonds. The zero-order chi connectivity index (χ0) is 21.4. The zero-order valence-corrected chi connectivity index (χ0v) is 18.3. The normalized spacial score (nSPS) is 17.0. The largest absolute Gasteiger partial charge is 0.463 e. The Balaban J connectivity index is 0.00000272. The second-order valence-corrected chi connectivity index (χ2v) is 7.59. The molecule has 1 aromatic heterocycles. The number of halogens is 1. The topological polar surface area (TPSA) is 120 Å². The highest BCUT2D eigenvalue weighted by molar-refractivity contribution is 5.95. The van der Waals surface area contributed by atoms with E-state index in [4.69, 9.17) is 15.5 Å². The van der Waals surface area contributed by atoms with Gasteiger partial charge in [0.25, 0.3) is 5.69 Å². The minimum Gasteiger partial charge on any atom is -0.463 e. The van der Waals surface area contributed by atoms with Crippen LogP contribution < -0.4 is 11.1 Å². The highest BCUT2D eigenvalue weighted by Gasteiger charge is 2.37. The van der Waals surface area contributed by atoms with Crippen LogP contribution in [0.1, 0.15) is 55.0 Å². The molecule has 1 aliphatic heterocycles. The Hall–Kier alpha value is -3.13. The first-order valence-electron chi connectivity index (χ1n) is 10.1. The number of aryl methyl sites for hydroxylation is 1. The fourth-order valence-corrected chi connectivity index (χ4v) is 4.38. The summed E-state index contributed by atoms with van der Waals surface area (Å²) in [5.41, 5.74) is 11.9. The predicted octanol–water partition coefficient (Wildman–Crippen LogP) is 4.27. The van der Waals surface area contributed by atoms with Crippen LogP contribution in [0, 0.1) is 10.1 Å². The number of pyridine rings is 1. The van der Waals surface area contributed by atoms with Gasteiger partial charge in [0.2, 0.25) is 0 Å². The summed E-state index contributed by atoms with van der Waals surface area (Å²) < 4.78 is 5.33. The van der Waals surface area contributed by atoms with E-state index in [2.05, 4.69) is 5.32 Å². The van der Waals surface area contributed by atoms with Crippen LogP contribution in [0.15, 0.2) is 35.5 Å². The van der Waals surface area contributed by atoms with Crippen LogP contribution in [0.2, 0.25) is 0 Å². The third-order valence-corrected chi connectivity index (χ3v) is 5.78. The van der Waals surface area contributed by atoms with E-state index in [0.29, 0.717) is 22.8 Å². The number of non-ortho nitro benzene ring substituents is 1. The third-order valence-electron chi connectivity index (χ3n) is 5.78. The molecule has 2 aromatic rings. The third kappa shape index (κ3) is 3.95. The number of fused-ring (bicyclic) bond motifs is 2. The molecule has 1 unspecified atom stereocenters. The quantitative estimate of drug-likeness (QED) is 0.410. The number of nitrogens with two attached hydrogens (primary N) is 1. The van der Waals surface area contributed by atoms with Crippen molar-refractivity contribution in [1.29, 1.82) is 0 Å². The SMILES string of the molecule is CCOC(=O)C1=C(C)Nc2nc3c(c(N)c2C1c1ccc([N+](=O)[O-])cc1)CCCC3.Cl. The molecular formula is C22H25ClN4O4. The van der Waals surface area contributed by atoms with Crippen molar-refractivity contribution in [3.8, 4) is 0 Å². The number of nitrogen functional groups attached to an aromatic ring is 1. The van der Waals surface area contributed by atoms with Crippen LogP contribution in [-0.4, -0.2) is 22.5 Å². The van der Waals surface area contributed by atoms with E-state index in [1.165, 1.54) is 12.1 Å². The van der Waals surface area contributed by atoms with E-state index < -0.39 is 16.8 Å². The monoisotopic (exact) mass is 444 g/mol. The Morgan fingerprint density at radius 2 is 1.97 bits per heavy atom. The minimum atomic E-state index is -0.513. The Morgan fingerprint density at radius 3 is 2.61 bits per heavy atom. The van der Waals surface area contributed by atoms with Gasteiger partial charge in [-0.3, -0.25) is 10.1 Å². The lowest BCUT2D eigenvalue weighted by atomic mass is 9.79. The van der Waals surface area contributed by atoms with E-state index in [1.807, 2.05) is 6.92 Å². The second-order valence-electron chi connectivity index (χ2n) is 7.59. The van der Waals surface area contributed by atoms with Crippen molar-refractivity contribution in [2.45, 2.75) is 45.4 Å². The maximum atomic E-state index is 12.9. The molecule has 0 bridgehead atoms. The number of benzene rings is 1. The van der Waals surface area contributed by atoms with E-state index in [9.17, 15) is 14.9 Å². The molecule has 4 rings (SSSR count). The average molecular weight is 445 g/mol. The van der Waals surface area contributed by atoms with E-state index in [-0.39, 0.29) is 24.7 Å². The number of nitrogens with one attached hydrogen (secondary N) is 1. The summed E-state index contributed by atoms with van der Waals surface area (Å²) in [6.07, 6.45) is 3.86. The van der Waals surface area contributed by atoms with Crippen molar-refractivity contribution in [3.63, 3.8) is 0 Å². The molecule has 2 heterocycles. The van der Waals surface area contributed by atoms with Crippen molar-refractivity contribution in [2.24, 2.45) is 0 Å². The number of hydrogen-bond donors (Lipinski definition) is 2. The van der Waals surface area contributed by atoms with Crippen LogP contribution in [0.3, 0.4) is 0 Å². The summed E-state index contributed by atoms with van der Waals surface area (Å²) >= 11 is 0. The lowest BCUT2D eigenvalue weighted by molar-refractivity contribution is -0.384. The van der Waals surface area contributed by atoms with Crippen molar-refractivity contribution >= 4 is 35.6 Å². The van der Waals surface area contributed by atoms with Crippen LogP contribution in [-0.2, 0) is 22.4 Å². The van der Waals surface area contributed by atoms with Crippen LogP contribution in [0.5, 0.6) is 0 Å². The lowest BCUT2D eigenvalue weighted by Crippen LogP contribution is -2.27. The molecular weight excluding hydrogens is 420 g/mol. The summed E-state index contributed by atoms with van der Waals surface area (Å²) in [5.74, 6) is -0.309. The first-order valence-corrected chi connectivity index (χ1v) is 10.1. The average Bonchev–Trinajstić information content (AvgIpc) is 2.73. The molecule has 0 spiro atoms. The van der Waals surface area contributed by atoms with Crippen molar-refractivity contribution in [1.82, 2.24) is 4.98 Å². The van der Waals surface area contributed by atoms with E-state index in [1.54, 1.807) is 19.1 Å². The van der Waals surface area contributed by atoms with Gasteiger partial charge >= 0.3 is 5.97 Å². The fraction of sp³-hybridized carbons (Fsp3) is 0.364. The first kappa shape index (κ1) is 22.6. The number of nitro groups is 1. The van der Waals surface area contributed by atoms with Crippen LogP contribution >= 0.6 is 12.4 Å². The summed E-state index contributed by atoms with van der Waals surface area (Å²) in [6, 6.07) is 6.22. The number of rotatable bonds is 4. The standard InChI is InChI=1S/C22H24N4O4.ClH/c1-3-30-22(27)17-12(2)24-21-19(20(23)15-6-4-5-7-16(15)25-21)18(17)13-8-10-14(11-9-13)26(28)29;/h8-11,18H,3-7H2,1-2H3,(H3,23,24,25);1H. The van der Waals surface area contributed by atoms with Gasteiger partial charge in [-0.25, -0.2) is 9.78 Å². The first-order chi connectivity index (χ1) is 14.4. The van der Waals surface area contributed by atoms with Gasteiger partial charge < -0.3 is 15.8 Å². The van der Waals surface area contributed by atoms with Gasteiger partial charge in [0.05, 0.1) is 17.1 Å². The molecule has 2 aliphatic rings. The fourth-order valence-electron chi connectivity index (χ4n) is 4.38. The molecule has 9 heteroatoms. The molecule has 0 radical (unpaired) electrons. The number of nitro benzene ring substituents is 1. The summed E-state index contributed by atoms with van der Waals surface area (Å²) in [4.78, 5) is 28.4. The molecule has 1 aromatic carbocycles. The highest BCUT2D eigenvalue weighted by Crippen LogP contribution is 2.46. The summed E-state index contributed by atoms with van der Waals surface area (Å²) in [5, 5.41) is 14.3. The van der Waals surface area contributed by atoms with E-state index >= 15 is 0 Å². The molecule has 0 fully saturated rings. The Morgan fingerprint density at radius 1 is 1.29 bits per heavy atom. The molecule has 0 saturated carbocycles. The Bertz CT molecular complexity index is 1070. The number of nitrogens with zero attached hydrogens (tertiary/aromatic N) is 2. The van der Waals surface area contributed by atoms with Crippen molar-refractivity contribution in [3.05, 3.63) is 68.0 Å². The molecule has 31 heavy (non-hydrogen) atoms. The Labute approximate surface area is 186 Å². The second kappa shape index (κ2) is 8.93. The maximum Gasteiger partial charge on any atom is 0.336 e. The lowest BCUT2D eigenvalue weighted by Gasteiger charge is -2.32. The van der Waals surface area contributed by atoms with Gasteiger partial charge in [-0.05, 0) is 50.7 Å². The van der Waals surface area contributed by atoms with Gasteiger partial charge in [0.1, 0.15) is 5.82 Å². The number of carbonyl (C=O) groups is 1. The number of anilines is 2. The van der Waals surface area contributed by atoms with Crippen LogP contribution in [0.25, 0.3) is 0 Å². The van der Waals surface area contributed by atoms with Gasteiger partial charge in [-0.2, -0.15) is 0 Å². The number of hydrogen-bond acceptors (Lipinski definition) is 7. The van der Waals surface area contributed by atoms with Crippen LogP contribution in [0.4, 0.5) is 17.2 Å². The Kier molecular flexibility index (Phi) is 6.50. The van der Waals surface area contributed by atoms with Crippen molar-refractivity contribution in [2.75, 3.05) is 17.7 Å². The summed E-state index contributed by atoms with van der Waals surface area (Å²) in [6.45, 7) is 3.81. The van der Waals surface area contributed by atoms with Crippen molar-refractivity contribution < 1.29 is 14.5 Å². The maximum absolute atomic E-state index is 12.9. The number of aromatic nitrogens is 1. The summed E-state index contributed by atoms with van der Waals surface area (Å²) in [7, 11) is 0. The predicted molar refractivity (Wildman–Crippen MR) is 120 cm³/mol. The molecule has 8 nitrogen and oxygen atoms in total. The van der Waals surface area contributed by atoms with Gasteiger partial charge in [0.15, 0.2) is 0 Å². The smallest absolute Gasteiger partial charge is 0.336 e. The highest BCUT2D eigenvalue weighted by atomic mass is 35.5. The molecule has 1 atom stereocenters. The molecule has 164 valence electrons. The number of esters is 1. The number of carbonyl (C=O) groups excluding carboxylic acids is 1. The van der Waals surface area contributed by atoms with Gasteiger partial charge in [-0.15, -0.1) is 12.4 Å². The number of ether oxygens (including phenoxy) is 1. The van der Waals surface area contributed by atoms with Gasteiger partial charge in [0, 0.05) is 40.7 Å². The number of allylic oxidation sites excluding steroid dienone is 1.